The fraction of sp³-hybridized carbons (Fsp3) is 0.182. The van der Waals surface area contributed by atoms with E-state index in [1.165, 1.54) is 30.3 Å². The number of ether oxygens (including phenoxy) is 1. The molecular weight excluding hydrogens is 375 g/mol. The van der Waals surface area contributed by atoms with E-state index >= 15 is 0 Å². The molecule has 0 aliphatic heterocycles. The van der Waals surface area contributed by atoms with Gasteiger partial charge in [-0.2, -0.15) is 0 Å². The van der Waals surface area contributed by atoms with Crippen molar-refractivity contribution >= 4 is 17.5 Å². The quantitative estimate of drug-likeness (QED) is 0.631. The predicted octanol–water partition coefficient (Wildman–Crippen LogP) is 4.14. The molecule has 1 fully saturated rings. The molecule has 7 heteroatoms. The standard InChI is InChI=1S/C22H19FN2O4/c23-14-5-9-16(10-6-14)28-13-17-11-12-20(29-17)22(27)25-19-4-2-1-3-18(19)21(26)24-15-7-8-15/h1-6,9-12,15H,7-8,13H2,(H,24,26)(H,25,27). The molecule has 29 heavy (non-hydrogen) atoms. The van der Waals surface area contributed by atoms with E-state index in [9.17, 15) is 14.0 Å². The van der Waals surface area contributed by atoms with Crippen LogP contribution in [-0.2, 0) is 6.61 Å². The highest BCUT2D eigenvalue weighted by molar-refractivity contribution is 6.08. The molecule has 0 spiro atoms. The van der Waals surface area contributed by atoms with Crippen LogP contribution in [0, 0.1) is 5.82 Å². The molecule has 2 N–H and O–H groups in total. The molecule has 0 bridgehead atoms. The first-order chi connectivity index (χ1) is 14.1. The van der Waals surface area contributed by atoms with Gasteiger partial charge in [-0.25, -0.2) is 4.39 Å². The highest BCUT2D eigenvalue weighted by Crippen LogP contribution is 2.22. The van der Waals surface area contributed by atoms with Crippen LogP contribution in [0.15, 0.2) is 65.1 Å². The molecule has 1 heterocycles. The van der Waals surface area contributed by atoms with Gasteiger partial charge in [0.2, 0.25) is 0 Å². The highest BCUT2D eigenvalue weighted by Gasteiger charge is 2.25. The van der Waals surface area contributed by atoms with Crippen LogP contribution in [0.1, 0.15) is 39.5 Å². The minimum absolute atomic E-state index is 0.0965. The zero-order valence-corrected chi connectivity index (χ0v) is 15.5. The van der Waals surface area contributed by atoms with E-state index in [0.29, 0.717) is 22.8 Å². The first-order valence-electron chi connectivity index (χ1n) is 9.27. The number of carbonyl (C=O) groups excluding carboxylic acids is 2. The molecule has 1 aromatic heterocycles. The third-order valence-corrected chi connectivity index (χ3v) is 4.41. The number of nitrogens with one attached hydrogen (secondary N) is 2. The number of hydrogen-bond acceptors (Lipinski definition) is 4. The minimum Gasteiger partial charge on any atom is -0.486 e. The van der Waals surface area contributed by atoms with Crippen molar-refractivity contribution in [2.75, 3.05) is 5.32 Å². The van der Waals surface area contributed by atoms with E-state index in [4.69, 9.17) is 9.15 Å². The van der Waals surface area contributed by atoms with Crippen molar-refractivity contribution in [3.8, 4) is 5.75 Å². The molecule has 0 atom stereocenters. The number of benzene rings is 2. The third-order valence-electron chi connectivity index (χ3n) is 4.41. The maximum atomic E-state index is 12.9. The van der Waals surface area contributed by atoms with E-state index in [0.717, 1.165) is 12.8 Å². The smallest absolute Gasteiger partial charge is 0.291 e. The van der Waals surface area contributed by atoms with Crippen molar-refractivity contribution < 1.29 is 23.1 Å². The third kappa shape index (κ3) is 4.82. The molecule has 148 valence electrons. The van der Waals surface area contributed by atoms with Crippen LogP contribution in [0.5, 0.6) is 5.75 Å². The molecule has 2 amide bonds. The van der Waals surface area contributed by atoms with Crippen molar-refractivity contribution in [3.63, 3.8) is 0 Å². The minimum atomic E-state index is -0.468. The second-order valence-electron chi connectivity index (χ2n) is 6.76. The summed E-state index contributed by atoms with van der Waals surface area (Å²) in [6.45, 7) is 0.0965. The van der Waals surface area contributed by atoms with Crippen LogP contribution in [0.4, 0.5) is 10.1 Å². The Kier molecular flexibility index (Phi) is 5.29. The number of hydrogen-bond donors (Lipinski definition) is 2. The van der Waals surface area contributed by atoms with Gasteiger partial charge >= 0.3 is 0 Å². The van der Waals surface area contributed by atoms with Gasteiger partial charge in [0.1, 0.15) is 23.9 Å². The zero-order valence-electron chi connectivity index (χ0n) is 15.5. The van der Waals surface area contributed by atoms with Gasteiger partial charge in [-0.15, -0.1) is 0 Å². The summed E-state index contributed by atoms with van der Waals surface area (Å²) in [7, 11) is 0. The maximum absolute atomic E-state index is 12.9. The summed E-state index contributed by atoms with van der Waals surface area (Å²) in [6, 6.07) is 15.8. The summed E-state index contributed by atoms with van der Waals surface area (Å²) >= 11 is 0. The van der Waals surface area contributed by atoms with Crippen LogP contribution < -0.4 is 15.4 Å². The van der Waals surface area contributed by atoms with Gasteiger partial charge in [0.15, 0.2) is 5.76 Å². The van der Waals surface area contributed by atoms with Crippen LogP contribution in [-0.4, -0.2) is 17.9 Å². The summed E-state index contributed by atoms with van der Waals surface area (Å²) < 4.78 is 24.0. The van der Waals surface area contributed by atoms with Crippen LogP contribution in [0.2, 0.25) is 0 Å². The van der Waals surface area contributed by atoms with Crippen LogP contribution in [0.25, 0.3) is 0 Å². The topological polar surface area (TPSA) is 80.6 Å². The zero-order chi connectivity index (χ0) is 20.2. The fourth-order valence-electron chi connectivity index (χ4n) is 2.73. The Balaban J connectivity index is 1.39. The number of halogens is 1. The first kappa shape index (κ1) is 18.7. The summed E-state index contributed by atoms with van der Waals surface area (Å²) in [4.78, 5) is 24.9. The Hall–Kier alpha value is -3.61. The summed E-state index contributed by atoms with van der Waals surface area (Å²) in [5, 5.41) is 5.63. The number of amides is 2. The van der Waals surface area contributed by atoms with E-state index < -0.39 is 5.91 Å². The van der Waals surface area contributed by atoms with E-state index in [1.54, 1.807) is 30.3 Å². The second-order valence-corrected chi connectivity index (χ2v) is 6.76. The first-order valence-corrected chi connectivity index (χ1v) is 9.27. The Morgan fingerprint density at radius 1 is 1.00 bits per heavy atom. The molecule has 4 rings (SSSR count). The highest BCUT2D eigenvalue weighted by atomic mass is 19.1. The van der Waals surface area contributed by atoms with Crippen molar-refractivity contribution in [2.45, 2.75) is 25.5 Å². The molecule has 6 nitrogen and oxygen atoms in total. The number of para-hydroxylation sites is 1. The Labute approximate surface area is 166 Å². The summed E-state index contributed by atoms with van der Waals surface area (Å²) in [5.74, 6) is 0.00471. The SMILES string of the molecule is O=C(Nc1ccccc1C(=O)NC1CC1)c1ccc(COc2ccc(F)cc2)o1. The lowest BCUT2D eigenvalue weighted by atomic mass is 10.1. The second kappa shape index (κ2) is 8.18. The average molecular weight is 394 g/mol. The van der Waals surface area contributed by atoms with Gasteiger partial charge in [0.05, 0.1) is 11.3 Å². The van der Waals surface area contributed by atoms with Crippen molar-refractivity contribution in [1.82, 2.24) is 5.32 Å². The van der Waals surface area contributed by atoms with E-state index in [1.807, 2.05) is 0 Å². The lowest BCUT2D eigenvalue weighted by Crippen LogP contribution is -2.26. The largest absolute Gasteiger partial charge is 0.486 e. The monoisotopic (exact) mass is 394 g/mol. The Morgan fingerprint density at radius 3 is 2.52 bits per heavy atom. The molecule has 3 aromatic rings. The lowest BCUT2D eigenvalue weighted by Gasteiger charge is -2.10. The van der Waals surface area contributed by atoms with Gasteiger partial charge < -0.3 is 19.8 Å². The van der Waals surface area contributed by atoms with Crippen molar-refractivity contribution in [2.24, 2.45) is 0 Å². The predicted molar refractivity (Wildman–Crippen MR) is 104 cm³/mol. The molecule has 0 unspecified atom stereocenters. The molecule has 1 aliphatic carbocycles. The Bertz CT molecular complexity index is 1030. The van der Waals surface area contributed by atoms with E-state index in [-0.39, 0.29) is 30.1 Å². The average Bonchev–Trinajstić information content (AvgIpc) is 3.41. The van der Waals surface area contributed by atoms with Crippen molar-refractivity contribution in [1.29, 1.82) is 0 Å². The van der Waals surface area contributed by atoms with Crippen molar-refractivity contribution in [3.05, 3.63) is 83.6 Å². The van der Waals surface area contributed by atoms with Gasteiger partial charge in [0, 0.05) is 6.04 Å². The molecule has 2 aromatic carbocycles. The molecule has 1 saturated carbocycles. The fourth-order valence-corrected chi connectivity index (χ4v) is 2.73. The van der Waals surface area contributed by atoms with E-state index in [2.05, 4.69) is 10.6 Å². The van der Waals surface area contributed by atoms with Gasteiger partial charge in [-0.1, -0.05) is 12.1 Å². The number of anilines is 1. The molecular formula is C22H19FN2O4. The summed E-state index contributed by atoms with van der Waals surface area (Å²) in [5.41, 5.74) is 0.815. The maximum Gasteiger partial charge on any atom is 0.291 e. The number of furan rings is 1. The Morgan fingerprint density at radius 2 is 1.76 bits per heavy atom. The molecule has 0 radical (unpaired) electrons. The normalized spacial score (nSPS) is 13.0. The number of carbonyl (C=O) groups is 2. The van der Waals surface area contributed by atoms with Gasteiger partial charge in [-0.05, 0) is 61.4 Å². The number of rotatable bonds is 7. The summed E-state index contributed by atoms with van der Waals surface area (Å²) in [6.07, 6.45) is 1.96. The van der Waals surface area contributed by atoms with Crippen LogP contribution in [0.3, 0.4) is 0 Å². The van der Waals surface area contributed by atoms with Gasteiger partial charge in [0.25, 0.3) is 11.8 Å². The molecule has 1 aliphatic rings. The van der Waals surface area contributed by atoms with Crippen LogP contribution >= 0.6 is 0 Å². The van der Waals surface area contributed by atoms with Gasteiger partial charge in [-0.3, -0.25) is 9.59 Å². The molecule has 0 saturated heterocycles. The lowest BCUT2D eigenvalue weighted by molar-refractivity contribution is 0.0952.